The van der Waals surface area contributed by atoms with Crippen LogP contribution in [0.3, 0.4) is 0 Å². The van der Waals surface area contributed by atoms with E-state index in [9.17, 15) is 38.1 Å². The van der Waals surface area contributed by atoms with Gasteiger partial charge in [0.15, 0.2) is 11.5 Å². The highest BCUT2D eigenvalue weighted by Crippen LogP contribution is 2.51. The van der Waals surface area contributed by atoms with E-state index in [2.05, 4.69) is 5.32 Å². The van der Waals surface area contributed by atoms with Crippen molar-refractivity contribution in [2.45, 2.75) is 62.6 Å². The van der Waals surface area contributed by atoms with Crippen LogP contribution in [0.5, 0.6) is 11.5 Å². The van der Waals surface area contributed by atoms with Gasteiger partial charge in [-0.2, -0.15) is 13.2 Å². The fourth-order valence-corrected chi connectivity index (χ4v) is 5.55. The largest absolute Gasteiger partial charge is 0.493 e. The van der Waals surface area contributed by atoms with E-state index in [0.29, 0.717) is 28.9 Å². The van der Waals surface area contributed by atoms with Gasteiger partial charge in [0.05, 0.1) is 32.3 Å². The summed E-state index contributed by atoms with van der Waals surface area (Å²) in [6.45, 7) is -2.41. The molecule has 3 aliphatic rings. The van der Waals surface area contributed by atoms with E-state index in [0.717, 1.165) is 12.8 Å². The molecule has 37 heavy (non-hydrogen) atoms. The number of amides is 2. The maximum Gasteiger partial charge on any atom is 0.406 e. The van der Waals surface area contributed by atoms with Gasteiger partial charge in [-0.25, -0.2) is 0 Å². The number of aliphatic hydroxyl groups excluding tert-OH is 3. The SMILES string of the molecule is COc1cc(CO)cc2c1OC1C2C(C(=O)NCCO)=CC(N(CC(F)(F)F)C(=O)C2CCCC2)C1O. The first-order valence-electron chi connectivity index (χ1n) is 12.2. The number of hydrogen-bond acceptors (Lipinski definition) is 7. The second-order valence-corrected chi connectivity index (χ2v) is 9.58. The van der Waals surface area contributed by atoms with Gasteiger partial charge in [0.1, 0.15) is 18.8 Å². The highest BCUT2D eigenvalue weighted by molar-refractivity contribution is 5.96. The number of rotatable bonds is 8. The summed E-state index contributed by atoms with van der Waals surface area (Å²) in [6.07, 6.45) is -3.97. The molecular weight excluding hydrogens is 497 g/mol. The minimum atomic E-state index is -4.74. The van der Waals surface area contributed by atoms with Crippen molar-refractivity contribution >= 4 is 11.8 Å². The summed E-state index contributed by atoms with van der Waals surface area (Å²) in [5, 5.41) is 32.7. The zero-order chi connectivity index (χ0) is 26.9. The van der Waals surface area contributed by atoms with Crippen molar-refractivity contribution < 1.29 is 47.6 Å². The molecule has 4 N–H and O–H groups in total. The number of benzene rings is 1. The molecule has 9 nitrogen and oxygen atoms in total. The first-order valence-corrected chi connectivity index (χ1v) is 12.2. The van der Waals surface area contributed by atoms with Gasteiger partial charge in [0.25, 0.3) is 0 Å². The minimum absolute atomic E-state index is 0.00367. The Balaban J connectivity index is 1.81. The van der Waals surface area contributed by atoms with Crippen LogP contribution in [0.4, 0.5) is 13.2 Å². The normalized spacial score (nSPS) is 25.1. The van der Waals surface area contributed by atoms with Crippen LogP contribution in [0.1, 0.15) is 42.7 Å². The van der Waals surface area contributed by atoms with E-state index in [1.807, 2.05) is 0 Å². The minimum Gasteiger partial charge on any atom is -0.493 e. The number of fused-ring (bicyclic) bond motifs is 3. The van der Waals surface area contributed by atoms with Crippen LogP contribution in [0.15, 0.2) is 23.8 Å². The molecule has 0 bridgehead atoms. The number of ether oxygens (including phenoxy) is 2. The van der Waals surface area contributed by atoms with Crippen LogP contribution >= 0.6 is 0 Å². The van der Waals surface area contributed by atoms with E-state index >= 15 is 0 Å². The first kappa shape index (κ1) is 27.2. The van der Waals surface area contributed by atoms with E-state index in [-0.39, 0.29) is 36.8 Å². The molecule has 0 aromatic heterocycles. The Morgan fingerprint density at radius 2 is 1.92 bits per heavy atom. The lowest BCUT2D eigenvalue weighted by molar-refractivity contribution is -0.172. The number of carbonyl (C=O) groups is 2. The maximum absolute atomic E-state index is 13.6. The Morgan fingerprint density at radius 1 is 1.22 bits per heavy atom. The Morgan fingerprint density at radius 3 is 2.51 bits per heavy atom. The fraction of sp³-hybridized carbons (Fsp3) is 0.600. The first-order chi connectivity index (χ1) is 17.6. The van der Waals surface area contributed by atoms with Gasteiger partial charge in [0.2, 0.25) is 11.8 Å². The van der Waals surface area contributed by atoms with Gasteiger partial charge in [-0.15, -0.1) is 0 Å². The Labute approximate surface area is 211 Å². The van der Waals surface area contributed by atoms with Gasteiger partial charge in [0, 0.05) is 23.6 Å². The Hall–Kier alpha value is -2.83. The quantitative estimate of drug-likeness (QED) is 0.402. The maximum atomic E-state index is 13.6. The van der Waals surface area contributed by atoms with Crippen LogP contribution in [0.25, 0.3) is 0 Å². The summed E-state index contributed by atoms with van der Waals surface area (Å²) in [5.74, 6) is -2.48. The third-order valence-electron chi connectivity index (χ3n) is 7.19. The van der Waals surface area contributed by atoms with E-state index in [4.69, 9.17) is 9.47 Å². The molecule has 1 saturated carbocycles. The fourth-order valence-electron chi connectivity index (χ4n) is 5.55. The summed E-state index contributed by atoms with van der Waals surface area (Å²) in [5.41, 5.74) is 0.860. The molecule has 1 heterocycles. The third kappa shape index (κ3) is 5.41. The standard InChI is InChI=1S/C25H31F3N2O7/c1-36-18-9-13(11-32)8-15-19-16(23(34)29-6-7-31)10-17(20(33)22(19)37-21(15)18)30(12-25(26,27)28)24(35)14-4-2-3-5-14/h8-10,14,17,19-20,22,31-33H,2-7,11-12H2,1H3,(H,29,34). The molecule has 204 valence electrons. The summed E-state index contributed by atoms with van der Waals surface area (Å²) in [6, 6.07) is 1.62. The van der Waals surface area contributed by atoms with Crippen molar-refractivity contribution in [2.24, 2.45) is 5.92 Å². The van der Waals surface area contributed by atoms with Gasteiger partial charge in [-0.3, -0.25) is 9.59 Å². The van der Waals surface area contributed by atoms with Crippen molar-refractivity contribution in [1.29, 1.82) is 0 Å². The number of alkyl halides is 3. The summed E-state index contributed by atoms with van der Waals surface area (Å²) in [7, 11) is 1.37. The van der Waals surface area contributed by atoms with E-state index < -0.39 is 54.6 Å². The summed E-state index contributed by atoms with van der Waals surface area (Å²) in [4.78, 5) is 27.1. The lowest BCUT2D eigenvalue weighted by Gasteiger charge is -2.41. The zero-order valence-electron chi connectivity index (χ0n) is 20.3. The monoisotopic (exact) mass is 528 g/mol. The van der Waals surface area contributed by atoms with Crippen molar-refractivity contribution in [2.75, 3.05) is 26.8 Å². The number of aliphatic hydroxyl groups is 3. The number of nitrogens with one attached hydrogen (secondary N) is 1. The Bertz CT molecular complexity index is 1060. The Kier molecular flexibility index (Phi) is 8.00. The molecule has 2 aliphatic carbocycles. The van der Waals surface area contributed by atoms with E-state index in [1.165, 1.54) is 19.3 Å². The number of halogens is 3. The molecule has 2 amide bonds. The van der Waals surface area contributed by atoms with Crippen LogP contribution in [-0.2, 0) is 16.2 Å². The molecule has 12 heteroatoms. The molecular formula is C25H31F3N2O7. The van der Waals surface area contributed by atoms with Crippen molar-refractivity contribution in [3.05, 3.63) is 34.9 Å². The number of methoxy groups -OCH3 is 1. The highest BCUT2D eigenvalue weighted by Gasteiger charge is 2.53. The molecule has 4 atom stereocenters. The van der Waals surface area contributed by atoms with Gasteiger partial charge >= 0.3 is 6.18 Å². The van der Waals surface area contributed by atoms with Gasteiger partial charge in [-0.1, -0.05) is 12.8 Å². The van der Waals surface area contributed by atoms with Crippen molar-refractivity contribution in [3.63, 3.8) is 0 Å². The smallest absolute Gasteiger partial charge is 0.406 e. The highest BCUT2D eigenvalue weighted by atomic mass is 19.4. The van der Waals surface area contributed by atoms with Crippen LogP contribution in [0.2, 0.25) is 0 Å². The molecule has 1 fully saturated rings. The molecule has 1 aromatic rings. The molecule has 0 saturated heterocycles. The molecule has 1 aromatic carbocycles. The third-order valence-corrected chi connectivity index (χ3v) is 7.19. The van der Waals surface area contributed by atoms with Gasteiger partial charge < -0.3 is 35.0 Å². The predicted molar refractivity (Wildman–Crippen MR) is 124 cm³/mol. The average Bonchev–Trinajstić information content (AvgIpc) is 3.53. The average molecular weight is 529 g/mol. The molecule has 4 rings (SSSR count). The number of nitrogens with zero attached hydrogens (tertiary/aromatic N) is 1. The lowest BCUT2D eigenvalue weighted by atomic mass is 9.77. The number of carbonyl (C=O) groups excluding carboxylic acids is 2. The topological polar surface area (TPSA) is 129 Å². The summed E-state index contributed by atoms with van der Waals surface area (Å²) < 4.78 is 52.3. The lowest BCUT2D eigenvalue weighted by Crippen LogP contribution is -2.58. The molecule has 0 radical (unpaired) electrons. The van der Waals surface area contributed by atoms with Crippen LogP contribution < -0.4 is 14.8 Å². The summed E-state index contributed by atoms with van der Waals surface area (Å²) >= 11 is 0. The van der Waals surface area contributed by atoms with E-state index in [1.54, 1.807) is 6.07 Å². The predicted octanol–water partition coefficient (Wildman–Crippen LogP) is 1.39. The zero-order valence-corrected chi connectivity index (χ0v) is 20.3. The second-order valence-electron chi connectivity index (χ2n) is 9.58. The molecule has 1 aliphatic heterocycles. The molecule has 0 spiro atoms. The molecule has 4 unspecified atom stereocenters. The van der Waals surface area contributed by atoms with Crippen LogP contribution in [-0.4, -0.2) is 83.3 Å². The van der Waals surface area contributed by atoms with Gasteiger partial charge in [-0.05, 0) is 36.6 Å². The number of hydrogen-bond donors (Lipinski definition) is 4. The van der Waals surface area contributed by atoms with Crippen molar-refractivity contribution in [1.82, 2.24) is 10.2 Å². The second kappa shape index (κ2) is 10.9. The van der Waals surface area contributed by atoms with Crippen LogP contribution in [0, 0.1) is 5.92 Å². The van der Waals surface area contributed by atoms with Crippen molar-refractivity contribution in [3.8, 4) is 11.5 Å².